The maximum absolute atomic E-state index is 9.15. The highest BCUT2D eigenvalue weighted by Gasteiger charge is 2.23. The van der Waals surface area contributed by atoms with Crippen LogP contribution in [0.4, 0.5) is 5.82 Å². The summed E-state index contributed by atoms with van der Waals surface area (Å²) in [5, 5.41) is 14.3. The molecule has 2 aromatic rings. The zero-order chi connectivity index (χ0) is 27.0. The minimum absolute atomic E-state index is 0.0148. The van der Waals surface area contributed by atoms with Crippen molar-refractivity contribution >= 4 is 18.1 Å². The average molecular weight is 539 g/mol. The van der Waals surface area contributed by atoms with Crippen LogP contribution in [-0.4, -0.2) is 97.4 Å². The molecule has 1 unspecified atom stereocenters. The summed E-state index contributed by atoms with van der Waals surface area (Å²) in [5.41, 5.74) is 1.86. The number of benzene rings is 1. The zero-order valence-corrected chi connectivity index (χ0v) is 22.8. The lowest BCUT2D eigenvalue weighted by atomic mass is 10.1. The van der Waals surface area contributed by atoms with Gasteiger partial charge in [0.1, 0.15) is 11.7 Å². The molecule has 39 heavy (non-hydrogen) atoms. The van der Waals surface area contributed by atoms with Crippen molar-refractivity contribution in [2.24, 2.45) is 4.99 Å². The van der Waals surface area contributed by atoms with Crippen LogP contribution < -0.4 is 25.4 Å². The van der Waals surface area contributed by atoms with Gasteiger partial charge in [-0.05, 0) is 45.0 Å². The molecule has 0 saturated heterocycles. The predicted molar refractivity (Wildman–Crippen MR) is 146 cm³/mol. The number of nitrogens with zero attached hydrogens (tertiary/aromatic N) is 5. The standard InChI is InChI=1S/C28H38N6O5/c1-20-13-22-16-30-18-31-28(22)32-26-23-17-34(8-6-29-5-3-11-36-20)25(37-12-4-7-33(2)9-10-35)15-21(23)14-24-27(26)39-19-38-24/h14-18,20,29,35H,3-13,19H2,1-2H3/b32-26-. The number of hydrogen-bond donors (Lipinski definition) is 2. The summed E-state index contributed by atoms with van der Waals surface area (Å²) in [7, 11) is 2.00. The maximum Gasteiger partial charge on any atom is 0.231 e. The normalized spacial score (nSPS) is 20.0. The van der Waals surface area contributed by atoms with Gasteiger partial charge in [-0.15, -0.1) is 0 Å². The molecule has 3 aliphatic rings. The van der Waals surface area contributed by atoms with E-state index in [0.717, 1.165) is 61.2 Å². The molecule has 11 heteroatoms. The van der Waals surface area contributed by atoms with E-state index in [1.165, 1.54) is 6.33 Å². The molecule has 0 spiro atoms. The van der Waals surface area contributed by atoms with E-state index in [9.17, 15) is 0 Å². The molecule has 2 N–H and O–H groups in total. The molecule has 1 aromatic heterocycles. The Kier molecular flexibility index (Phi) is 9.25. The number of nitrogens with one attached hydrogen (secondary N) is 1. The maximum atomic E-state index is 9.15. The molecule has 1 aromatic carbocycles. The van der Waals surface area contributed by atoms with E-state index in [1.807, 2.05) is 25.4 Å². The van der Waals surface area contributed by atoms with E-state index in [2.05, 4.69) is 38.2 Å². The van der Waals surface area contributed by atoms with E-state index < -0.39 is 0 Å². The van der Waals surface area contributed by atoms with Crippen LogP contribution in [0.1, 0.15) is 30.9 Å². The van der Waals surface area contributed by atoms with E-state index in [-0.39, 0.29) is 19.5 Å². The molecule has 0 saturated carbocycles. The monoisotopic (exact) mass is 538 g/mol. The minimum Gasteiger partial charge on any atom is -0.479 e. The number of likely N-dealkylation sites (N-methyl/N-ethyl adjacent to an activating group) is 1. The summed E-state index contributed by atoms with van der Waals surface area (Å²) in [4.78, 5) is 18.0. The summed E-state index contributed by atoms with van der Waals surface area (Å²) < 4.78 is 24.0. The van der Waals surface area contributed by atoms with Gasteiger partial charge in [0.15, 0.2) is 23.2 Å². The molecule has 1 atom stereocenters. The van der Waals surface area contributed by atoms with Crippen molar-refractivity contribution < 1.29 is 24.1 Å². The van der Waals surface area contributed by atoms with Gasteiger partial charge in [0.2, 0.25) is 6.79 Å². The fraction of sp³-hybridized carbons (Fsp3) is 0.536. The molecule has 0 amide bonds. The van der Waals surface area contributed by atoms with Crippen molar-refractivity contribution in [3.8, 4) is 11.5 Å². The van der Waals surface area contributed by atoms with Crippen molar-refractivity contribution in [1.82, 2.24) is 25.1 Å². The van der Waals surface area contributed by atoms with Gasteiger partial charge in [0.25, 0.3) is 0 Å². The van der Waals surface area contributed by atoms with Gasteiger partial charge < -0.3 is 39.2 Å². The number of ether oxygens (including phenoxy) is 4. The number of aromatic nitrogens is 2. The fourth-order valence-corrected chi connectivity index (χ4v) is 4.83. The van der Waals surface area contributed by atoms with Crippen LogP contribution in [0.25, 0.3) is 12.3 Å². The largest absolute Gasteiger partial charge is 0.479 e. The molecule has 5 rings (SSSR count). The SMILES string of the molecule is CC1Cc2cncnc2/N=c2\c3c(cc4c2=CN(CCNCCCO1)C(OCCCN(C)CCO)=C4)OCO3. The molecule has 2 bridgehead atoms. The van der Waals surface area contributed by atoms with Crippen LogP contribution in [0.3, 0.4) is 0 Å². The summed E-state index contributed by atoms with van der Waals surface area (Å²) in [5.74, 6) is 2.64. The predicted octanol–water partition coefficient (Wildman–Crippen LogP) is 0.780. The first-order valence-corrected chi connectivity index (χ1v) is 13.7. The highest BCUT2D eigenvalue weighted by atomic mass is 16.7. The highest BCUT2D eigenvalue weighted by molar-refractivity contribution is 5.63. The quantitative estimate of drug-likeness (QED) is 0.491. The van der Waals surface area contributed by atoms with Gasteiger partial charge in [0, 0.05) is 68.5 Å². The zero-order valence-electron chi connectivity index (χ0n) is 22.8. The molecular formula is C28H38N6O5. The van der Waals surface area contributed by atoms with Crippen molar-refractivity contribution in [2.75, 3.05) is 66.4 Å². The minimum atomic E-state index is 0.0148. The van der Waals surface area contributed by atoms with Crippen LogP contribution in [0.5, 0.6) is 11.5 Å². The van der Waals surface area contributed by atoms with Crippen LogP contribution in [-0.2, 0) is 15.9 Å². The Bertz CT molecular complexity index is 1290. The lowest BCUT2D eigenvalue weighted by Crippen LogP contribution is -2.38. The number of fused-ring (bicyclic) bond motifs is 4. The first-order chi connectivity index (χ1) is 19.1. The molecule has 0 radical (unpaired) electrons. The van der Waals surface area contributed by atoms with Gasteiger partial charge in [-0.1, -0.05) is 0 Å². The Balaban J connectivity index is 1.53. The summed E-state index contributed by atoms with van der Waals surface area (Å²) in [6.07, 6.45) is 9.91. The number of aliphatic hydroxyl groups is 1. The van der Waals surface area contributed by atoms with Crippen molar-refractivity contribution in [3.05, 3.63) is 46.2 Å². The van der Waals surface area contributed by atoms with E-state index >= 15 is 0 Å². The van der Waals surface area contributed by atoms with Crippen LogP contribution in [0.15, 0.2) is 29.5 Å². The number of rotatable bonds is 7. The molecule has 0 fully saturated rings. The third kappa shape index (κ3) is 6.85. The average Bonchev–Trinajstić information content (AvgIpc) is 3.39. The topological polar surface area (TPSA) is 114 Å². The Morgan fingerprint density at radius 2 is 2.18 bits per heavy atom. The van der Waals surface area contributed by atoms with E-state index in [4.69, 9.17) is 29.0 Å². The molecule has 4 heterocycles. The number of aliphatic hydroxyl groups excluding tert-OH is 1. The fourth-order valence-electron chi connectivity index (χ4n) is 4.83. The Morgan fingerprint density at radius 3 is 3.08 bits per heavy atom. The van der Waals surface area contributed by atoms with E-state index in [1.54, 1.807) is 0 Å². The van der Waals surface area contributed by atoms with E-state index in [0.29, 0.717) is 48.9 Å². The smallest absolute Gasteiger partial charge is 0.231 e. The first kappa shape index (κ1) is 27.3. The van der Waals surface area contributed by atoms with Gasteiger partial charge in [-0.3, -0.25) is 0 Å². The Labute approximate surface area is 228 Å². The van der Waals surface area contributed by atoms with Crippen LogP contribution in [0.2, 0.25) is 0 Å². The highest BCUT2D eigenvalue weighted by Crippen LogP contribution is 2.30. The number of hydrogen-bond acceptors (Lipinski definition) is 11. The Morgan fingerprint density at radius 1 is 1.26 bits per heavy atom. The molecule has 11 nitrogen and oxygen atoms in total. The van der Waals surface area contributed by atoms with Crippen LogP contribution in [0, 0.1) is 0 Å². The van der Waals surface area contributed by atoms with Gasteiger partial charge in [-0.2, -0.15) is 0 Å². The summed E-state index contributed by atoms with van der Waals surface area (Å²) >= 11 is 0. The second-order valence-electron chi connectivity index (χ2n) is 9.97. The van der Waals surface area contributed by atoms with Crippen molar-refractivity contribution in [1.29, 1.82) is 0 Å². The molecular weight excluding hydrogens is 500 g/mol. The lowest BCUT2D eigenvalue weighted by molar-refractivity contribution is 0.0647. The Hall–Kier alpha value is -3.25. The van der Waals surface area contributed by atoms with Crippen molar-refractivity contribution in [3.63, 3.8) is 0 Å². The molecule has 3 aliphatic heterocycles. The third-order valence-electron chi connectivity index (χ3n) is 6.89. The molecule has 210 valence electrons. The second kappa shape index (κ2) is 13.2. The first-order valence-electron chi connectivity index (χ1n) is 13.7. The summed E-state index contributed by atoms with van der Waals surface area (Å²) in [6.45, 7) is 7.48. The second-order valence-corrected chi connectivity index (χ2v) is 9.97. The third-order valence-corrected chi connectivity index (χ3v) is 6.89. The molecule has 0 aliphatic carbocycles. The van der Waals surface area contributed by atoms with Crippen molar-refractivity contribution in [2.45, 2.75) is 32.3 Å². The van der Waals surface area contributed by atoms with Crippen LogP contribution >= 0.6 is 0 Å². The lowest BCUT2D eigenvalue weighted by Gasteiger charge is -2.27. The van der Waals surface area contributed by atoms with Gasteiger partial charge in [-0.25, -0.2) is 15.0 Å². The van der Waals surface area contributed by atoms with Gasteiger partial charge in [0.05, 0.1) is 19.3 Å². The summed E-state index contributed by atoms with van der Waals surface area (Å²) in [6, 6.07) is 1.98. The van der Waals surface area contributed by atoms with Gasteiger partial charge >= 0.3 is 0 Å².